The minimum absolute atomic E-state index is 0.0227. The van der Waals surface area contributed by atoms with Gasteiger partial charge in [0.05, 0.1) is 0 Å². The van der Waals surface area contributed by atoms with Crippen LogP contribution in [-0.2, 0) is 0 Å². The van der Waals surface area contributed by atoms with Crippen LogP contribution in [0, 0.1) is 5.21 Å². The molecule has 0 N–H and O–H groups in total. The van der Waals surface area contributed by atoms with Gasteiger partial charge in [-0.25, -0.2) is 0 Å². The summed E-state index contributed by atoms with van der Waals surface area (Å²) in [6.07, 6.45) is 0. The van der Waals surface area contributed by atoms with E-state index in [1.165, 1.54) is 0 Å². The third kappa shape index (κ3) is 1.62. The van der Waals surface area contributed by atoms with Crippen molar-refractivity contribution in [3.8, 4) is 0 Å². The van der Waals surface area contributed by atoms with Crippen molar-refractivity contribution < 1.29 is 4.85 Å². The third-order valence-corrected chi connectivity index (χ3v) is 2.53. The fourth-order valence-corrected chi connectivity index (χ4v) is 1.11. The van der Waals surface area contributed by atoms with Gasteiger partial charge < -0.3 is 5.21 Å². The van der Waals surface area contributed by atoms with Crippen LogP contribution in [0.15, 0.2) is 0 Å². The zero-order chi connectivity index (χ0) is 8.59. The van der Waals surface area contributed by atoms with Crippen LogP contribution in [0.2, 0.25) is 20.4 Å². The average molecular weight is 234 g/mol. The summed E-state index contributed by atoms with van der Waals surface area (Å²) in [7, 11) is 0. The van der Waals surface area contributed by atoms with E-state index in [1.807, 2.05) is 0 Å². The monoisotopic (exact) mass is 232 g/mol. The number of halogens is 4. The Hall–Kier alpha value is 0.0400. The molecule has 11 heavy (non-hydrogen) atoms. The second-order valence-corrected chi connectivity index (χ2v) is 3.05. The van der Waals surface area contributed by atoms with Gasteiger partial charge in [0.15, 0.2) is 5.02 Å². The molecular weight excluding hydrogens is 234 g/mol. The van der Waals surface area contributed by atoms with Gasteiger partial charge in [-0.1, -0.05) is 34.8 Å². The molecule has 0 aromatic carbocycles. The van der Waals surface area contributed by atoms with Crippen molar-refractivity contribution in [3.05, 3.63) is 25.6 Å². The zero-order valence-electron chi connectivity index (χ0n) is 4.81. The molecule has 0 amide bonds. The fourth-order valence-electron chi connectivity index (χ4n) is 0.433. The first-order valence-corrected chi connectivity index (χ1v) is 3.85. The lowest BCUT2D eigenvalue weighted by molar-refractivity contribution is -0.666. The molecule has 1 heterocycles. The Labute approximate surface area is 82.0 Å². The topological polar surface area (TPSA) is 39.8 Å². The van der Waals surface area contributed by atoms with Gasteiger partial charge in [-0.05, 0) is 16.4 Å². The van der Waals surface area contributed by atoms with Crippen LogP contribution < -0.4 is 4.85 Å². The van der Waals surface area contributed by atoms with Gasteiger partial charge in [-0.3, -0.25) is 0 Å². The van der Waals surface area contributed by atoms with Gasteiger partial charge in [-0.2, -0.15) is 0 Å². The van der Waals surface area contributed by atoms with Crippen molar-refractivity contribution in [1.82, 2.24) is 5.10 Å². The van der Waals surface area contributed by atoms with Gasteiger partial charge in [0.2, 0.25) is 5.15 Å². The van der Waals surface area contributed by atoms with Crippen LogP contribution in [-0.4, -0.2) is 5.10 Å². The van der Waals surface area contributed by atoms with E-state index < -0.39 is 0 Å². The van der Waals surface area contributed by atoms with E-state index in [4.69, 9.17) is 46.4 Å². The zero-order valence-corrected chi connectivity index (χ0v) is 7.84. The molecule has 1 rings (SSSR count). The Bertz CT molecular complexity index is 276. The summed E-state index contributed by atoms with van der Waals surface area (Å²) < 4.78 is 0. The smallest absolute Gasteiger partial charge is 0.333 e. The van der Waals surface area contributed by atoms with Gasteiger partial charge in [0.25, 0.3) is 0 Å². The summed E-state index contributed by atoms with van der Waals surface area (Å²) in [4.78, 5) is 0.0953. The maximum atomic E-state index is 10.7. The molecule has 0 aliphatic rings. The SMILES string of the molecule is [O-][n+]1nc(Cl)c(Cl)c(Cl)c1Cl. The quantitative estimate of drug-likeness (QED) is 0.510. The highest BCUT2D eigenvalue weighted by Gasteiger charge is 2.18. The number of hydrogen-bond donors (Lipinski definition) is 0. The van der Waals surface area contributed by atoms with Gasteiger partial charge in [-0.15, -0.1) is 0 Å². The molecule has 1 aromatic rings. The Morgan fingerprint density at radius 1 is 1.09 bits per heavy atom. The van der Waals surface area contributed by atoms with Crippen LogP contribution in [0.1, 0.15) is 0 Å². The second-order valence-electron chi connectivity index (χ2n) is 1.58. The molecule has 0 saturated carbocycles. The highest BCUT2D eigenvalue weighted by atomic mass is 35.5. The molecule has 7 heteroatoms. The van der Waals surface area contributed by atoms with E-state index in [-0.39, 0.29) is 25.2 Å². The lowest BCUT2D eigenvalue weighted by Gasteiger charge is -1.99. The lowest BCUT2D eigenvalue weighted by Crippen LogP contribution is -2.32. The molecule has 0 bridgehead atoms. The summed E-state index contributed by atoms with van der Waals surface area (Å²) >= 11 is 21.7. The largest absolute Gasteiger partial charge is 0.593 e. The molecule has 0 saturated heterocycles. The van der Waals surface area contributed by atoms with Crippen molar-refractivity contribution in [1.29, 1.82) is 0 Å². The standard InChI is InChI=1S/C4Cl4N2O/c5-1-2(6)4(8)10(11)9-3(1)7. The van der Waals surface area contributed by atoms with Crippen molar-refractivity contribution in [2.75, 3.05) is 0 Å². The number of hydrogen-bond acceptors (Lipinski definition) is 2. The Morgan fingerprint density at radius 3 is 2.18 bits per heavy atom. The fraction of sp³-hybridized carbons (Fsp3) is 0. The van der Waals surface area contributed by atoms with Crippen LogP contribution >= 0.6 is 46.4 Å². The molecule has 0 radical (unpaired) electrons. The van der Waals surface area contributed by atoms with E-state index in [0.29, 0.717) is 0 Å². The van der Waals surface area contributed by atoms with E-state index >= 15 is 0 Å². The molecule has 0 unspecified atom stereocenters. The van der Waals surface area contributed by atoms with Crippen molar-refractivity contribution in [2.24, 2.45) is 0 Å². The molecule has 0 atom stereocenters. The van der Waals surface area contributed by atoms with Gasteiger partial charge >= 0.3 is 5.15 Å². The Balaban J connectivity index is 3.46. The highest BCUT2D eigenvalue weighted by molar-refractivity contribution is 6.50. The second kappa shape index (κ2) is 3.19. The highest BCUT2D eigenvalue weighted by Crippen LogP contribution is 2.30. The molecule has 60 valence electrons. The first-order valence-electron chi connectivity index (χ1n) is 2.34. The number of rotatable bonds is 0. The minimum Gasteiger partial charge on any atom is -0.593 e. The Kier molecular flexibility index (Phi) is 2.65. The predicted molar refractivity (Wildman–Crippen MR) is 43.2 cm³/mol. The normalized spacial score (nSPS) is 10.2. The van der Waals surface area contributed by atoms with E-state index in [0.717, 1.165) is 0 Å². The molecule has 0 spiro atoms. The number of nitrogens with zero attached hydrogens (tertiary/aromatic N) is 2. The molecular formula is C4Cl4N2O. The van der Waals surface area contributed by atoms with Crippen molar-refractivity contribution in [2.45, 2.75) is 0 Å². The molecule has 1 aromatic heterocycles. The number of aromatic nitrogens is 2. The first-order chi connectivity index (χ1) is 5.04. The van der Waals surface area contributed by atoms with Gasteiger partial charge in [0.1, 0.15) is 5.02 Å². The third-order valence-electron chi connectivity index (χ3n) is 0.902. The summed E-state index contributed by atoms with van der Waals surface area (Å²) in [5.74, 6) is 0. The molecule has 0 aliphatic heterocycles. The summed E-state index contributed by atoms with van der Waals surface area (Å²) in [6, 6.07) is 0. The molecule has 3 nitrogen and oxygen atoms in total. The van der Waals surface area contributed by atoms with Crippen LogP contribution in [0.25, 0.3) is 0 Å². The maximum Gasteiger partial charge on any atom is 0.333 e. The van der Waals surface area contributed by atoms with E-state index in [1.54, 1.807) is 0 Å². The molecule has 0 fully saturated rings. The summed E-state index contributed by atoms with van der Waals surface area (Å²) in [5.41, 5.74) is 0. The van der Waals surface area contributed by atoms with Gasteiger partial charge in [0, 0.05) is 5.10 Å². The van der Waals surface area contributed by atoms with E-state index in [9.17, 15) is 5.21 Å². The van der Waals surface area contributed by atoms with Crippen LogP contribution in [0.4, 0.5) is 0 Å². The molecule has 0 aliphatic carbocycles. The lowest BCUT2D eigenvalue weighted by atomic mass is 10.6. The van der Waals surface area contributed by atoms with Crippen LogP contribution in [0.5, 0.6) is 0 Å². The minimum atomic E-state index is -0.291. The summed E-state index contributed by atoms with van der Waals surface area (Å²) in [5, 5.41) is 13.3. The average Bonchev–Trinajstić information content (AvgIpc) is 1.97. The maximum absolute atomic E-state index is 10.7. The Morgan fingerprint density at radius 2 is 1.64 bits per heavy atom. The van der Waals surface area contributed by atoms with E-state index in [2.05, 4.69) is 5.10 Å². The summed E-state index contributed by atoms with van der Waals surface area (Å²) in [6.45, 7) is 0. The van der Waals surface area contributed by atoms with Crippen molar-refractivity contribution in [3.63, 3.8) is 0 Å². The van der Waals surface area contributed by atoms with Crippen LogP contribution in [0.3, 0.4) is 0 Å². The van der Waals surface area contributed by atoms with Crippen molar-refractivity contribution >= 4 is 46.4 Å². The first kappa shape index (κ1) is 9.13. The predicted octanol–water partition coefficient (Wildman–Crippen LogP) is 2.33.